The Kier molecular flexibility index (Phi) is 7.53. The Bertz CT molecular complexity index is 449. The van der Waals surface area contributed by atoms with Crippen LogP contribution in [0.4, 0.5) is 11.4 Å². The molecule has 0 aliphatic rings. The Morgan fingerprint density at radius 1 is 1.29 bits per heavy atom. The second kappa shape index (κ2) is 9.18. The molecule has 1 rings (SSSR count). The molecule has 0 unspecified atom stereocenters. The number of benzene rings is 1. The Hall–Kier alpha value is -1.82. The molecule has 0 spiro atoms. The molecule has 0 aliphatic carbocycles. The van der Waals surface area contributed by atoms with E-state index in [2.05, 4.69) is 12.2 Å². The first-order valence-electron chi connectivity index (χ1n) is 7.30. The molecule has 1 N–H and O–H groups in total. The number of non-ortho nitro benzene ring substituents is 1. The van der Waals surface area contributed by atoms with Crippen molar-refractivity contribution in [3.8, 4) is 5.75 Å². The third-order valence-corrected chi connectivity index (χ3v) is 2.62. The average molecular weight is 296 g/mol. The highest BCUT2D eigenvalue weighted by Gasteiger charge is 2.11. The maximum absolute atomic E-state index is 10.9. The molecular formula is C15H24N2O4. The maximum Gasteiger partial charge on any atom is 0.275 e. The van der Waals surface area contributed by atoms with Crippen LogP contribution in [0.2, 0.25) is 0 Å². The van der Waals surface area contributed by atoms with Gasteiger partial charge >= 0.3 is 0 Å². The van der Waals surface area contributed by atoms with E-state index < -0.39 is 4.92 Å². The van der Waals surface area contributed by atoms with E-state index in [0.717, 1.165) is 19.4 Å². The fraction of sp³-hybridized carbons (Fsp3) is 0.600. The molecule has 6 heteroatoms. The molecule has 0 aromatic heterocycles. The number of hydrogen-bond donors (Lipinski definition) is 1. The van der Waals surface area contributed by atoms with Gasteiger partial charge in [0.2, 0.25) is 0 Å². The van der Waals surface area contributed by atoms with Crippen molar-refractivity contribution in [3.05, 3.63) is 28.3 Å². The zero-order valence-electron chi connectivity index (χ0n) is 12.9. The van der Waals surface area contributed by atoms with E-state index in [1.807, 2.05) is 13.8 Å². The number of ether oxygens (including phenoxy) is 2. The predicted molar refractivity (Wildman–Crippen MR) is 83.1 cm³/mol. The number of anilines is 1. The molecule has 0 bridgehead atoms. The summed E-state index contributed by atoms with van der Waals surface area (Å²) in [4.78, 5) is 10.5. The van der Waals surface area contributed by atoms with E-state index in [-0.39, 0.29) is 11.8 Å². The largest absolute Gasteiger partial charge is 0.491 e. The summed E-state index contributed by atoms with van der Waals surface area (Å²) in [6, 6.07) is 4.73. The number of nitrogens with one attached hydrogen (secondary N) is 1. The van der Waals surface area contributed by atoms with Crippen molar-refractivity contribution < 1.29 is 14.4 Å². The number of rotatable bonds is 10. The number of nitro benzene ring substituents is 1. The van der Waals surface area contributed by atoms with Crippen molar-refractivity contribution in [2.24, 2.45) is 0 Å². The summed E-state index contributed by atoms with van der Waals surface area (Å²) in [7, 11) is 0. The average Bonchev–Trinajstić information content (AvgIpc) is 2.41. The normalized spacial score (nSPS) is 10.7. The van der Waals surface area contributed by atoms with Gasteiger partial charge in [-0.15, -0.1) is 0 Å². The summed E-state index contributed by atoms with van der Waals surface area (Å²) in [6.07, 6.45) is 1.83. The summed E-state index contributed by atoms with van der Waals surface area (Å²) in [5.74, 6) is 0.504. The van der Waals surface area contributed by atoms with Crippen molar-refractivity contribution in [1.82, 2.24) is 0 Å². The fourth-order valence-corrected chi connectivity index (χ4v) is 1.78. The first-order chi connectivity index (χ1) is 10.0. The molecule has 0 heterocycles. The van der Waals surface area contributed by atoms with Gasteiger partial charge in [0, 0.05) is 37.6 Å². The Balaban J connectivity index is 2.59. The summed E-state index contributed by atoms with van der Waals surface area (Å²) >= 11 is 0. The second-order valence-corrected chi connectivity index (χ2v) is 5.03. The van der Waals surface area contributed by atoms with Crippen LogP contribution in [0.1, 0.15) is 33.6 Å². The van der Waals surface area contributed by atoms with Crippen LogP contribution in [0.15, 0.2) is 18.2 Å². The van der Waals surface area contributed by atoms with Crippen LogP contribution in [0.25, 0.3) is 0 Å². The van der Waals surface area contributed by atoms with Gasteiger partial charge < -0.3 is 14.8 Å². The summed E-state index contributed by atoms with van der Waals surface area (Å²) < 4.78 is 10.9. The molecule has 118 valence electrons. The third-order valence-electron chi connectivity index (χ3n) is 2.62. The number of nitrogens with zero attached hydrogens (tertiary/aromatic N) is 1. The van der Waals surface area contributed by atoms with E-state index in [1.165, 1.54) is 12.1 Å². The van der Waals surface area contributed by atoms with Crippen LogP contribution in [0.3, 0.4) is 0 Å². The molecule has 0 atom stereocenters. The summed E-state index contributed by atoms with van der Waals surface area (Å²) in [5.41, 5.74) is 0.716. The monoisotopic (exact) mass is 296 g/mol. The van der Waals surface area contributed by atoms with E-state index in [4.69, 9.17) is 9.47 Å². The Morgan fingerprint density at radius 3 is 2.67 bits per heavy atom. The van der Waals surface area contributed by atoms with E-state index in [0.29, 0.717) is 24.6 Å². The summed E-state index contributed by atoms with van der Waals surface area (Å²) in [5, 5.41) is 14.1. The van der Waals surface area contributed by atoms with Gasteiger partial charge in [-0.25, -0.2) is 0 Å². The Labute approximate surface area is 125 Å². The molecule has 0 amide bonds. The number of hydrogen-bond acceptors (Lipinski definition) is 5. The van der Waals surface area contributed by atoms with Crippen molar-refractivity contribution in [2.45, 2.75) is 39.7 Å². The molecular weight excluding hydrogens is 272 g/mol. The van der Waals surface area contributed by atoms with Gasteiger partial charge in [-0.2, -0.15) is 0 Å². The highest BCUT2D eigenvalue weighted by molar-refractivity contribution is 5.56. The van der Waals surface area contributed by atoms with Gasteiger partial charge in [-0.1, -0.05) is 6.92 Å². The van der Waals surface area contributed by atoms with Gasteiger partial charge in [-0.05, 0) is 26.7 Å². The van der Waals surface area contributed by atoms with Gasteiger partial charge in [0.05, 0.1) is 17.1 Å². The smallest absolute Gasteiger partial charge is 0.275 e. The zero-order chi connectivity index (χ0) is 15.7. The summed E-state index contributed by atoms with van der Waals surface area (Å²) in [6.45, 7) is 7.99. The minimum Gasteiger partial charge on any atom is -0.491 e. The first-order valence-corrected chi connectivity index (χ1v) is 7.30. The second-order valence-electron chi connectivity index (χ2n) is 5.03. The van der Waals surface area contributed by atoms with Crippen LogP contribution in [0.5, 0.6) is 5.75 Å². The molecule has 0 saturated heterocycles. The zero-order valence-corrected chi connectivity index (χ0v) is 12.9. The Morgan fingerprint density at radius 2 is 2.05 bits per heavy atom. The lowest BCUT2D eigenvalue weighted by molar-refractivity contribution is -0.384. The van der Waals surface area contributed by atoms with Gasteiger partial charge in [0.1, 0.15) is 5.75 Å². The molecule has 0 fully saturated rings. The minimum absolute atomic E-state index is 0.0257. The standard InChI is InChI=1S/C15H24N2O4/c1-4-7-20-8-5-6-16-13-9-14(17(18)19)11-15(10-13)21-12(2)3/h9-12,16H,4-8H2,1-3H3. The molecule has 1 aromatic rings. The highest BCUT2D eigenvalue weighted by Crippen LogP contribution is 2.26. The lowest BCUT2D eigenvalue weighted by Crippen LogP contribution is -2.08. The molecule has 0 aliphatic heterocycles. The lowest BCUT2D eigenvalue weighted by atomic mass is 10.2. The van der Waals surface area contributed by atoms with Crippen LogP contribution < -0.4 is 10.1 Å². The van der Waals surface area contributed by atoms with Crippen LogP contribution >= 0.6 is 0 Å². The maximum atomic E-state index is 10.9. The van der Waals surface area contributed by atoms with Gasteiger partial charge in [0.25, 0.3) is 5.69 Å². The molecule has 21 heavy (non-hydrogen) atoms. The van der Waals surface area contributed by atoms with Crippen LogP contribution in [-0.2, 0) is 4.74 Å². The van der Waals surface area contributed by atoms with Gasteiger partial charge in [0.15, 0.2) is 0 Å². The first kappa shape index (κ1) is 17.2. The van der Waals surface area contributed by atoms with E-state index in [9.17, 15) is 10.1 Å². The van der Waals surface area contributed by atoms with Crippen LogP contribution in [0, 0.1) is 10.1 Å². The molecule has 1 aromatic carbocycles. The lowest BCUT2D eigenvalue weighted by Gasteiger charge is -2.12. The SMILES string of the molecule is CCCOCCCNc1cc(OC(C)C)cc([N+](=O)[O-])c1. The van der Waals surface area contributed by atoms with Crippen molar-refractivity contribution in [3.63, 3.8) is 0 Å². The predicted octanol–water partition coefficient (Wildman–Crippen LogP) is 3.61. The van der Waals surface area contributed by atoms with Crippen molar-refractivity contribution in [1.29, 1.82) is 0 Å². The molecule has 6 nitrogen and oxygen atoms in total. The molecule has 0 saturated carbocycles. The quantitative estimate of drug-likeness (QED) is 0.405. The number of nitro groups is 1. The van der Waals surface area contributed by atoms with Crippen molar-refractivity contribution >= 4 is 11.4 Å². The van der Waals surface area contributed by atoms with Crippen molar-refractivity contribution in [2.75, 3.05) is 25.1 Å². The highest BCUT2D eigenvalue weighted by atomic mass is 16.6. The topological polar surface area (TPSA) is 73.6 Å². The van der Waals surface area contributed by atoms with E-state index >= 15 is 0 Å². The van der Waals surface area contributed by atoms with Crippen LogP contribution in [-0.4, -0.2) is 30.8 Å². The van der Waals surface area contributed by atoms with E-state index in [1.54, 1.807) is 6.07 Å². The van der Waals surface area contributed by atoms with Gasteiger partial charge in [-0.3, -0.25) is 10.1 Å². The minimum atomic E-state index is -0.414. The fourth-order valence-electron chi connectivity index (χ4n) is 1.78. The third kappa shape index (κ3) is 6.94. The molecule has 0 radical (unpaired) electrons.